The molecule has 1 unspecified atom stereocenters. The van der Waals surface area contributed by atoms with Crippen LogP contribution in [0.1, 0.15) is 30.0 Å². The Kier molecular flexibility index (Phi) is 7.84. The van der Waals surface area contributed by atoms with E-state index in [9.17, 15) is 13.2 Å². The normalized spacial score (nSPS) is 12.5. The van der Waals surface area contributed by atoms with E-state index in [4.69, 9.17) is 11.6 Å². The fourth-order valence-corrected chi connectivity index (χ4v) is 4.48. The molecule has 3 rings (SSSR count). The molecule has 0 amide bonds. The minimum Gasteiger partial charge on any atom is -0.469 e. The van der Waals surface area contributed by atoms with Crippen LogP contribution in [0.4, 0.5) is 0 Å². The minimum atomic E-state index is -3.76. The van der Waals surface area contributed by atoms with Crippen LogP contribution in [0.2, 0.25) is 5.02 Å². The molecule has 0 bridgehead atoms. The molecule has 0 radical (unpaired) electrons. The number of methoxy groups -OCH3 is 1. The second-order valence-corrected chi connectivity index (χ2v) is 9.21. The molecule has 164 valence electrons. The number of halogens is 1. The van der Waals surface area contributed by atoms with Gasteiger partial charge < -0.3 is 9.30 Å². The monoisotopic (exact) mass is 461 g/mol. The number of nitrogens with one attached hydrogen (secondary N) is 1. The van der Waals surface area contributed by atoms with E-state index in [2.05, 4.69) is 14.4 Å². The van der Waals surface area contributed by atoms with Gasteiger partial charge in [0.1, 0.15) is 0 Å². The van der Waals surface area contributed by atoms with Gasteiger partial charge in [0.15, 0.2) is 0 Å². The molecule has 9 heteroatoms. The maximum atomic E-state index is 12.9. The van der Waals surface area contributed by atoms with Crippen molar-refractivity contribution < 1.29 is 17.9 Å². The lowest BCUT2D eigenvalue weighted by Gasteiger charge is -2.20. The lowest BCUT2D eigenvalue weighted by molar-refractivity contribution is -0.140. The van der Waals surface area contributed by atoms with Crippen molar-refractivity contribution in [2.75, 3.05) is 7.11 Å². The predicted octanol–water partition coefficient (Wildman–Crippen LogP) is 3.75. The van der Waals surface area contributed by atoms with Crippen LogP contribution in [0.3, 0.4) is 0 Å². The topological polar surface area (TPSA) is 90.3 Å². The summed E-state index contributed by atoms with van der Waals surface area (Å²) >= 11 is 5.88. The zero-order valence-electron chi connectivity index (χ0n) is 17.1. The zero-order valence-corrected chi connectivity index (χ0v) is 18.6. The van der Waals surface area contributed by atoms with Gasteiger partial charge in [-0.3, -0.25) is 4.79 Å². The largest absolute Gasteiger partial charge is 0.469 e. The lowest BCUT2D eigenvalue weighted by atomic mass is 10.0. The molecular weight excluding hydrogens is 438 g/mol. The molecule has 0 fully saturated rings. The number of carbonyl (C=O) groups excluding carboxylic acids is 1. The second kappa shape index (κ2) is 10.6. The summed E-state index contributed by atoms with van der Waals surface area (Å²) < 4.78 is 35.1. The molecule has 1 N–H and O–H groups in total. The molecular formula is C22H24ClN3O4S. The van der Waals surface area contributed by atoms with Gasteiger partial charge in [-0.05, 0) is 48.2 Å². The lowest BCUT2D eigenvalue weighted by Crippen LogP contribution is -2.31. The number of nitrogens with zero attached hydrogens (tertiary/aromatic N) is 2. The number of carbonyl (C=O) groups is 1. The molecule has 0 aliphatic carbocycles. The summed E-state index contributed by atoms with van der Waals surface area (Å²) in [5.41, 5.74) is 1.89. The molecule has 0 aliphatic rings. The summed E-state index contributed by atoms with van der Waals surface area (Å²) in [6.45, 7) is 0.383. The Labute approximate surface area is 187 Å². The standard InChI is InChI=1S/C22H24ClN3O4S/c1-30-22(27)4-2-3-17-5-7-18(8-6-17)21(15-26-14-13-24-16-26)25-31(28,29)20-11-9-19(23)10-12-20/h5-14,16,21,25H,2-4,15H2,1H3. The number of esters is 1. The Balaban J connectivity index is 1.77. The highest BCUT2D eigenvalue weighted by Gasteiger charge is 2.22. The van der Waals surface area contributed by atoms with E-state index >= 15 is 0 Å². The smallest absolute Gasteiger partial charge is 0.305 e. The summed E-state index contributed by atoms with van der Waals surface area (Å²) in [6.07, 6.45) is 6.86. The third kappa shape index (κ3) is 6.65. The number of ether oxygens (including phenoxy) is 1. The van der Waals surface area contributed by atoms with Crippen LogP contribution in [0.25, 0.3) is 0 Å². The summed E-state index contributed by atoms with van der Waals surface area (Å²) in [7, 11) is -2.38. The summed E-state index contributed by atoms with van der Waals surface area (Å²) in [5, 5.41) is 0.469. The molecule has 31 heavy (non-hydrogen) atoms. The first-order chi connectivity index (χ1) is 14.9. The third-order valence-corrected chi connectivity index (χ3v) is 6.57. The van der Waals surface area contributed by atoms with Gasteiger partial charge in [-0.15, -0.1) is 0 Å². The van der Waals surface area contributed by atoms with Crippen molar-refractivity contribution in [1.82, 2.24) is 14.3 Å². The van der Waals surface area contributed by atoms with Gasteiger partial charge >= 0.3 is 5.97 Å². The molecule has 2 aromatic carbocycles. The Morgan fingerprint density at radius 1 is 1.16 bits per heavy atom. The molecule has 0 aliphatic heterocycles. The number of imidazole rings is 1. The van der Waals surface area contributed by atoms with E-state index in [-0.39, 0.29) is 10.9 Å². The van der Waals surface area contributed by atoms with Crippen molar-refractivity contribution >= 4 is 27.6 Å². The van der Waals surface area contributed by atoms with Gasteiger partial charge in [0.25, 0.3) is 0 Å². The van der Waals surface area contributed by atoms with E-state index in [1.807, 2.05) is 28.8 Å². The van der Waals surface area contributed by atoms with Crippen LogP contribution in [0.5, 0.6) is 0 Å². The van der Waals surface area contributed by atoms with E-state index in [1.54, 1.807) is 30.9 Å². The second-order valence-electron chi connectivity index (χ2n) is 7.06. The van der Waals surface area contributed by atoms with Crippen molar-refractivity contribution in [3.05, 3.63) is 83.4 Å². The average molecular weight is 462 g/mol. The third-order valence-electron chi connectivity index (χ3n) is 4.83. The Bertz CT molecular complexity index is 1080. The van der Waals surface area contributed by atoms with E-state index < -0.39 is 16.1 Å². The van der Waals surface area contributed by atoms with Crippen molar-refractivity contribution in [1.29, 1.82) is 0 Å². The number of aryl methyl sites for hydroxylation is 1. The number of hydrogen-bond acceptors (Lipinski definition) is 5. The fraction of sp³-hybridized carbons (Fsp3) is 0.273. The van der Waals surface area contributed by atoms with Gasteiger partial charge in [-0.1, -0.05) is 35.9 Å². The Morgan fingerprint density at radius 3 is 2.48 bits per heavy atom. The highest BCUT2D eigenvalue weighted by molar-refractivity contribution is 7.89. The molecule has 1 atom stereocenters. The first-order valence-corrected chi connectivity index (χ1v) is 11.6. The quantitative estimate of drug-likeness (QED) is 0.464. The number of hydrogen-bond donors (Lipinski definition) is 1. The van der Waals surface area contributed by atoms with Crippen LogP contribution in [-0.4, -0.2) is 31.0 Å². The maximum Gasteiger partial charge on any atom is 0.305 e. The van der Waals surface area contributed by atoms with E-state index in [0.29, 0.717) is 24.4 Å². The van der Waals surface area contributed by atoms with Crippen molar-refractivity contribution in [2.45, 2.75) is 36.7 Å². The molecule has 0 saturated carbocycles. The predicted molar refractivity (Wildman–Crippen MR) is 118 cm³/mol. The fourth-order valence-electron chi connectivity index (χ4n) is 3.14. The van der Waals surface area contributed by atoms with Gasteiger partial charge in [0, 0.05) is 30.4 Å². The van der Waals surface area contributed by atoms with Crippen LogP contribution in [0, 0.1) is 0 Å². The molecule has 7 nitrogen and oxygen atoms in total. The van der Waals surface area contributed by atoms with Crippen molar-refractivity contribution in [3.63, 3.8) is 0 Å². The molecule has 1 aromatic heterocycles. The van der Waals surface area contributed by atoms with Gasteiger partial charge in [-0.2, -0.15) is 0 Å². The van der Waals surface area contributed by atoms with Crippen LogP contribution in [0.15, 0.2) is 72.1 Å². The minimum absolute atomic E-state index is 0.145. The van der Waals surface area contributed by atoms with E-state index in [1.165, 1.54) is 19.2 Å². The van der Waals surface area contributed by atoms with Gasteiger partial charge in [0.2, 0.25) is 10.0 Å². The highest BCUT2D eigenvalue weighted by atomic mass is 35.5. The Hall–Kier alpha value is -2.68. The van der Waals surface area contributed by atoms with Crippen LogP contribution >= 0.6 is 11.6 Å². The summed E-state index contributed by atoms with van der Waals surface area (Å²) in [5.74, 6) is -0.228. The van der Waals surface area contributed by atoms with Crippen LogP contribution in [-0.2, 0) is 32.5 Å². The average Bonchev–Trinajstić information content (AvgIpc) is 3.27. The van der Waals surface area contributed by atoms with Crippen molar-refractivity contribution in [3.8, 4) is 0 Å². The first kappa shape index (κ1) is 23.0. The molecule has 0 saturated heterocycles. The molecule has 1 heterocycles. The molecule has 3 aromatic rings. The van der Waals surface area contributed by atoms with E-state index in [0.717, 1.165) is 17.5 Å². The van der Waals surface area contributed by atoms with Gasteiger partial charge in [-0.25, -0.2) is 18.1 Å². The summed E-state index contributed by atoms with van der Waals surface area (Å²) in [4.78, 5) is 15.4. The maximum absolute atomic E-state index is 12.9. The molecule has 0 spiro atoms. The van der Waals surface area contributed by atoms with Gasteiger partial charge in [0.05, 0.1) is 24.4 Å². The highest BCUT2D eigenvalue weighted by Crippen LogP contribution is 2.21. The SMILES string of the molecule is COC(=O)CCCc1ccc(C(Cn2ccnc2)NS(=O)(=O)c2ccc(Cl)cc2)cc1. The first-order valence-electron chi connectivity index (χ1n) is 9.76. The number of sulfonamides is 1. The Morgan fingerprint density at radius 2 is 1.87 bits per heavy atom. The number of benzene rings is 2. The number of rotatable bonds is 10. The van der Waals surface area contributed by atoms with Crippen LogP contribution < -0.4 is 4.72 Å². The number of aromatic nitrogens is 2. The summed E-state index contributed by atoms with van der Waals surface area (Å²) in [6, 6.07) is 13.2. The zero-order chi connectivity index (χ0) is 22.3. The van der Waals surface area contributed by atoms with Crippen molar-refractivity contribution in [2.24, 2.45) is 0 Å².